The number of hydrogen-bond donors (Lipinski definition) is 2. The first kappa shape index (κ1) is 14.0. The summed E-state index contributed by atoms with van der Waals surface area (Å²) in [5.41, 5.74) is 1.84. The van der Waals surface area contributed by atoms with E-state index in [1.165, 1.54) is 0 Å². The van der Waals surface area contributed by atoms with Crippen molar-refractivity contribution in [1.82, 2.24) is 14.9 Å². The maximum absolute atomic E-state index is 9.58. The molecule has 0 aliphatic heterocycles. The Hall–Kier alpha value is -1.39. The van der Waals surface area contributed by atoms with E-state index in [-0.39, 0.29) is 12.1 Å². The van der Waals surface area contributed by atoms with E-state index in [1.54, 1.807) is 0 Å². The number of aliphatic hydroxyl groups excluding tert-OH is 1. The molecule has 4 heteroatoms. The van der Waals surface area contributed by atoms with E-state index in [0.29, 0.717) is 0 Å². The van der Waals surface area contributed by atoms with Gasteiger partial charge in [-0.05, 0) is 32.5 Å². The number of fused-ring (bicyclic) bond motifs is 1. The van der Waals surface area contributed by atoms with Crippen molar-refractivity contribution in [3.8, 4) is 0 Å². The van der Waals surface area contributed by atoms with Crippen molar-refractivity contribution in [3.05, 3.63) is 30.1 Å². The van der Waals surface area contributed by atoms with Gasteiger partial charge in [0, 0.05) is 13.0 Å². The van der Waals surface area contributed by atoms with Crippen LogP contribution in [0.4, 0.5) is 0 Å². The van der Waals surface area contributed by atoms with Crippen LogP contribution in [0.1, 0.15) is 26.1 Å². The maximum atomic E-state index is 9.58. The van der Waals surface area contributed by atoms with E-state index >= 15 is 0 Å². The summed E-state index contributed by atoms with van der Waals surface area (Å²) in [5, 5.41) is 12.8. The fraction of sp³-hybridized carbons (Fsp3) is 0.533. The molecule has 0 fully saturated rings. The monoisotopic (exact) mass is 261 g/mol. The summed E-state index contributed by atoms with van der Waals surface area (Å²) in [5.74, 6) is 1.10. The molecule has 2 rings (SSSR count). The Morgan fingerprint density at radius 3 is 2.74 bits per heavy atom. The van der Waals surface area contributed by atoms with Gasteiger partial charge in [0.2, 0.25) is 0 Å². The molecule has 1 unspecified atom stereocenters. The van der Waals surface area contributed by atoms with E-state index in [2.05, 4.69) is 22.9 Å². The number of benzene rings is 1. The lowest BCUT2D eigenvalue weighted by atomic mass is 10.0. The van der Waals surface area contributed by atoms with Crippen LogP contribution in [0.5, 0.6) is 0 Å². The Labute approximate surface area is 114 Å². The third kappa shape index (κ3) is 2.80. The third-order valence-corrected chi connectivity index (χ3v) is 3.67. The number of aliphatic hydroxyl groups is 1. The smallest absolute Gasteiger partial charge is 0.109 e. The number of para-hydroxylation sites is 2. The average molecular weight is 261 g/mol. The summed E-state index contributed by atoms with van der Waals surface area (Å²) < 4.78 is 2.23. The van der Waals surface area contributed by atoms with Crippen LogP contribution in [-0.4, -0.2) is 33.9 Å². The summed E-state index contributed by atoms with van der Waals surface area (Å²) >= 11 is 0. The molecule has 1 aromatic heterocycles. The SMILES string of the molecule is CCCc1nc2ccccc2n1CC(C)(CO)NC. The lowest BCUT2D eigenvalue weighted by molar-refractivity contribution is 0.165. The van der Waals surface area contributed by atoms with Crippen molar-refractivity contribution in [2.75, 3.05) is 13.7 Å². The summed E-state index contributed by atoms with van der Waals surface area (Å²) in [4.78, 5) is 4.71. The van der Waals surface area contributed by atoms with Crippen LogP contribution in [0.3, 0.4) is 0 Å². The third-order valence-electron chi connectivity index (χ3n) is 3.67. The van der Waals surface area contributed by atoms with Crippen molar-refractivity contribution in [2.24, 2.45) is 0 Å². The molecule has 2 aromatic rings. The summed E-state index contributed by atoms with van der Waals surface area (Å²) in [6.07, 6.45) is 2.03. The molecule has 19 heavy (non-hydrogen) atoms. The summed E-state index contributed by atoms with van der Waals surface area (Å²) in [6, 6.07) is 8.18. The van der Waals surface area contributed by atoms with Crippen molar-refractivity contribution in [1.29, 1.82) is 0 Å². The highest BCUT2D eigenvalue weighted by molar-refractivity contribution is 5.75. The molecular weight excluding hydrogens is 238 g/mol. The van der Waals surface area contributed by atoms with Crippen LogP contribution in [0.2, 0.25) is 0 Å². The van der Waals surface area contributed by atoms with Gasteiger partial charge in [0.05, 0.1) is 23.2 Å². The standard InChI is InChI=1S/C15H23N3O/c1-4-7-14-17-12-8-5-6-9-13(12)18(14)10-15(2,11-19)16-3/h5-6,8-9,16,19H,4,7,10-11H2,1-3H3. The second-order valence-corrected chi connectivity index (χ2v) is 5.32. The molecule has 0 aliphatic carbocycles. The number of nitrogens with one attached hydrogen (secondary N) is 1. The highest BCUT2D eigenvalue weighted by Crippen LogP contribution is 2.20. The summed E-state index contributed by atoms with van der Waals surface area (Å²) in [6.45, 7) is 5.00. The van der Waals surface area contributed by atoms with Gasteiger partial charge in [-0.25, -0.2) is 4.98 Å². The molecule has 0 saturated carbocycles. The van der Waals surface area contributed by atoms with Gasteiger partial charge in [-0.15, -0.1) is 0 Å². The zero-order valence-corrected chi connectivity index (χ0v) is 12.0. The van der Waals surface area contributed by atoms with Gasteiger partial charge in [0.1, 0.15) is 5.82 Å². The van der Waals surface area contributed by atoms with Crippen molar-refractivity contribution in [2.45, 2.75) is 38.8 Å². The van der Waals surface area contributed by atoms with Crippen molar-refractivity contribution >= 4 is 11.0 Å². The van der Waals surface area contributed by atoms with Crippen LogP contribution < -0.4 is 5.32 Å². The molecule has 1 atom stereocenters. The average Bonchev–Trinajstić information content (AvgIpc) is 2.77. The van der Waals surface area contributed by atoms with E-state index in [0.717, 1.165) is 36.2 Å². The van der Waals surface area contributed by atoms with Crippen molar-refractivity contribution in [3.63, 3.8) is 0 Å². The number of hydrogen-bond acceptors (Lipinski definition) is 3. The molecule has 1 aromatic carbocycles. The maximum Gasteiger partial charge on any atom is 0.109 e. The normalized spacial score (nSPS) is 14.7. The van der Waals surface area contributed by atoms with Gasteiger partial charge < -0.3 is 15.0 Å². The second kappa shape index (κ2) is 5.72. The molecular formula is C15H23N3O. The fourth-order valence-corrected chi connectivity index (χ4v) is 2.27. The molecule has 2 N–H and O–H groups in total. The quantitative estimate of drug-likeness (QED) is 0.835. The number of likely N-dealkylation sites (N-methyl/N-ethyl adjacent to an activating group) is 1. The number of aromatic nitrogens is 2. The Balaban J connectivity index is 2.47. The Morgan fingerprint density at radius 2 is 2.11 bits per heavy atom. The van der Waals surface area contributed by atoms with Crippen molar-refractivity contribution < 1.29 is 5.11 Å². The predicted molar refractivity (Wildman–Crippen MR) is 78.3 cm³/mol. The molecule has 0 radical (unpaired) electrons. The minimum absolute atomic E-state index is 0.0988. The molecule has 0 bridgehead atoms. The van der Waals surface area contributed by atoms with Gasteiger partial charge in [-0.2, -0.15) is 0 Å². The highest BCUT2D eigenvalue weighted by Gasteiger charge is 2.24. The Bertz CT molecular complexity index is 543. The van der Waals surface area contributed by atoms with E-state index in [9.17, 15) is 5.11 Å². The van der Waals surface area contributed by atoms with E-state index in [4.69, 9.17) is 4.98 Å². The van der Waals surface area contributed by atoms with Gasteiger partial charge in [0.25, 0.3) is 0 Å². The number of nitrogens with zero attached hydrogens (tertiary/aromatic N) is 2. The van der Waals surface area contributed by atoms with Crippen LogP contribution in [0.25, 0.3) is 11.0 Å². The zero-order chi connectivity index (χ0) is 13.9. The number of rotatable bonds is 6. The first-order valence-corrected chi connectivity index (χ1v) is 6.87. The number of imidazole rings is 1. The molecule has 0 aliphatic rings. The van der Waals surface area contributed by atoms with Gasteiger partial charge in [-0.3, -0.25) is 0 Å². The Kier molecular flexibility index (Phi) is 4.22. The molecule has 0 saturated heterocycles. The molecule has 0 amide bonds. The largest absolute Gasteiger partial charge is 0.394 e. The lowest BCUT2D eigenvalue weighted by Crippen LogP contribution is -2.47. The number of aryl methyl sites for hydroxylation is 1. The van der Waals surface area contributed by atoms with Crippen LogP contribution in [0, 0.1) is 0 Å². The second-order valence-electron chi connectivity index (χ2n) is 5.32. The first-order valence-electron chi connectivity index (χ1n) is 6.87. The van der Waals surface area contributed by atoms with Crippen LogP contribution in [-0.2, 0) is 13.0 Å². The van der Waals surface area contributed by atoms with Gasteiger partial charge in [-0.1, -0.05) is 19.1 Å². The van der Waals surface area contributed by atoms with Crippen LogP contribution >= 0.6 is 0 Å². The summed E-state index contributed by atoms with van der Waals surface area (Å²) in [7, 11) is 1.88. The minimum Gasteiger partial charge on any atom is -0.394 e. The van der Waals surface area contributed by atoms with Gasteiger partial charge in [0.15, 0.2) is 0 Å². The predicted octanol–water partition coefficient (Wildman–Crippen LogP) is 1.96. The minimum atomic E-state index is -0.327. The lowest BCUT2D eigenvalue weighted by Gasteiger charge is -2.28. The fourth-order valence-electron chi connectivity index (χ4n) is 2.27. The molecule has 0 spiro atoms. The van der Waals surface area contributed by atoms with E-state index < -0.39 is 0 Å². The molecule has 4 nitrogen and oxygen atoms in total. The molecule has 104 valence electrons. The van der Waals surface area contributed by atoms with Crippen LogP contribution in [0.15, 0.2) is 24.3 Å². The van der Waals surface area contributed by atoms with Gasteiger partial charge >= 0.3 is 0 Å². The highest BCUT2D eigenvalue weighted by atomic mass is 16.3. The zero-order valence-electron chi connectivity index (χ0n) is 12.0. The first-order chi connectivity index (χ1) is 9.13. The van der Waals surface area contributed by atoms with E-state index in [1.807, 2.05) is 32.2 Å². The molecule has 1 heterocycles. The Morgan fingerprint density at radius 1 is 1.37 bits per heavy atom. The topological polar surface area (TPSA) is 50.1 Å².